The number of rotatable bonds is 8. The molecule has 2 aromatic carbocycles. The number of nitrogens with one attached hydrogen (secondary N) is 2. The number of carbonyl (C=O) groups is 2. The molecule has 0 radical (unpaired) electrons. The van der Waals surface area contributed by atoms with Gasteiger partial charge in [0.05, 0.1) is 11.9 Å². The Hall–Kier alpha value is -3.07. The van der Waals surface area contributed by atoms with E-state index < -0.39 is 10.0 Å². The lowest BCUT2D eigenvalue weighted by atomic mass is 9.95. The first kappa shape index (κ1) is 22.6. The molecule has 0 atom stereocenters. The summed E-state index contributed by atoms with van der Waals surface area (Å²) in [7, 11) is -3.41. The molecule has 166 valence electrons. The van der Waals surface area contributed by atoms with Gasteiger partial charge < -0.3 is 15.0 Å². The third-order valence-electron chi connectivity index (χ3n) is 5.09. The Labute approximate surface area is 182 Å². The van der Waals surface area contributed by atoms with Gasteiger partial charge in [0, 0.05) is 25.6 Å². The third-order valence-corrected chi connectivity index (χ3v) is 5.68. The van der Waals surface area contributed by atoms with E-state index in [9.17, 15) is 18.0 Å². The van der Waals surface area contributed by atoms with Crippen molar-refractivity contribution < 1.29 is 22.7 Å². The minimum atomic E-state index is -3.41. The van der Waals surface area contributed by atoms with Crippen molar-refractivity contribution in [1.29, 1.82) is 0 Å². The highest BCUT2D eigenvalue weighted by Crippen LogP contribution is 2.20. The molecule has 3 rings (SSSR count). The van der Waals surface area contributed by atoms with Gasteiger partial charge in [-0.3, -0.25) is 14.3 Å². The Balaban J connectivity index is 1.45. The van der Waals surface area contributed by atoms with Crippen molar-refractivity contribution in [3.05, 3.63) is 60.2 Å². The van der Waals surface area contributed by atoms with Gasteiger partial charge in [-0.1, -0.05) is 36.4 Å². The van der Waals surface area contributed by atoms with Crippen LogP contribution < -0.4 is 14.8 Å². The van der Waals surface area contributed by atoms with Crippen molar-refractivity contribution in [1.82, 2.24) is 10.2 Å². The van der Waals surface area contributed by atoms with E-state index in [2.05, 4.69) is 10.0 Å². The van der Waals surface area contributed by atoms with Gasteiger partial charge in [-0.25, -0.2) is 8.42 Å². The summed E-state index contributed by atoms with van der Waals surface area (Å²) in [6, 6.07) is 16.1. The number of hydrogen-bond acceptors (Lipinski definition) is 5. The summed E-state index contributed by atoms with van der Waals surface area (Å²) in [5, 5.41) is 2.88. The van der Waals surface area contributed by atoms with Gasteiger partial charge in [0.15, 0.2) is 6.61 Å². The van der Waals surface area contributed by atoms with Gasteiger partial charge in [0.1, 0.15) is 5.75 Å². The number of para-hydroxylation sites is 2. The van der Waals surface area contributed by atoms with Gasteiger partial charge in [-0.05, 0) is 36.6 Å². The van der Waals surface area contributed by atoms with Crippen LogP contribution in [0.2, 0.25) is 0 Å². The number of sulfonamides is 1. The van der Waals surface area contributed by atoms with E-state index in [-0.39, 0.29) is 30.9 Å². The van der Waals surface area contributed by atoms with Gasteiger partial charge >= 0.3 is 0 Å². The van der Waals surface area contributed by atoms with E-state index in [1.165, 1.54) is 0 Å². The minimum absolute atomic E-state index is 0.0228. The highest BCUT2D eigenvalue weighted by molar-refractivity contribution is 7.92. The Bertz CT molecular complexity index is 1000. The van der Waals surface area contributed by atoms with E-state index in [1.54, 1.807) is 41.3 Å². The number of benzene rings is 2. The number of hydrogen-bond donors (Lipinski definition) is 2. The van der Waals surface area contributed by atoms with E-state index in [0.29, 0.717) is 42.9 Å². The smallest absolute Gasteiger partial charge is 0.260 e. The van der Waals surface area contributed by atoms with Crippen LogP contribution in [0.25, 0.3) is 0 Å². The Morgan fingerprint density at radius 3 is 2.35 bits per heavy atom. The zero-order valence-corrected chi connectivity index (χ0v) is 18.2. The van der Waals surface area contributed by atoms with E-state index in [1.807, 2.05) is 18.2 Å². The number of anilines is 1. The molecule has 0 saturated carbocycles. The topological polar surface area (TPSA) is 105 Å². The van der Waals surface area contributed by atoms with Crippen molar-refractivity contribution in [2.24, 2.45) is 5.92 Å². The first-order valence-electron chi connectivity index (χ1n) is 10.1. The van der Waals surface area contributed by atoms with Crippen LogP contribution in [0.4, 0.5) is 5.69 Å². The van der Waals surface area contributed by atoms with Crippen LogP contribution in [0.3, 0.4) is 0 Å². The van der Waals surface area contributed by atoms with Crippen molar-refractivity contribution >= 4 is 27.5 Å². The van der Waals surface area contributed by atoms with Crippen molar-refractivity contribution in [2.45, 2.75) is 19.4 Å². The van der Waals surface area contributed by atoms with Crippen LogP contribution in [0.15, 0.2) is 54.6 Å². The molecule has 31 heavy (non-hydrogen) atoms. The molecule has 1 aliphatic rings. The van der Waals surface area contributed by atoms with Crippen LogP contribution in [-0.4, -0.2) is 51.1 Å². The summed E-state index contributed by atoms with van der Waals surface area (Å²) in [5.74, 6) is 0.273. The largest absolute Gasteiger partial charge is 0.484 e. The van der Waals surface area contributed by atoms with Crippen LogP contribution >= 0.6 is 0 Å². The monoisotopic (exact) mass is 445 g/mol. The number of amides is 2. The molecule has 1 saturated heterocycles. The molecule has 0 aliphatic carbocycles. The van der Waals surface area contributed by atoms with Gasteiger partial charge in [-0.15, -0.1) is 0 Å². The average molecular weight is 446 g/mol. The molecule has 0 aromatic heterocycles. The lowest BCUT2D eigenvalue weighted by molar-refractivity contribution is -0.137. The lowest BCUT2D eigenvalue weighted by Crippen LogP contribution is -2.44. The highest BCUT2D eigenvalue weighted by Gasteiger charge is 2.27. The summed E-state index contributed by atoms with van der Waals surface area (Å²) in [4.78, 5) is 26.7. The molecule has 2 aromatic rings. The second-order valence-electron chi connectivity index (χ2n) is 7.51. The summed E-state index contributed by atoms with van der Waals surface area (Å²) in [6.07, 6.45) is 2.24. The van der Waals surface area contributed by atoms with Crippen molar-refractivity contribution in [3.8, 4) is 5.75 Å². The fourth-order valence-electron chi connectivity index (χ4n) is 3.44. The van der Waals surface area contributed by atoms with Crippen LogP contribution in [0.5, 0.6) is 5.75 Å². The number of carbonyl (C=O) groups excluding carboxylic acids is 2. The predicted octanol–water partition coefficient (Wildman–Crippen LogP) is 1.99. The zero-order chi connectivity index (χ0) is 22.3. The molecule has 0 unspecified atom stereocenters. The number of ether oxygens (including phenoxy) is 1. The molecule has 0 bridgehead atoms. The standard InChI is InChI=1S/C22H27N3O5S/c1-31(28,29)24-20-10-6-5-7-18(20)15-23-22(27)17-11-13-25(14-12-17)21(26)16-30-19-8-3-2-4-9-19/h2-10,17,24H,11-16H2,1H3,(H,23,27). The average Bonchev–Trinajstić information content (AvgIpc) is 2.76. The van der Waals surface area contributed by atoms with Crippen molar-refractivity contribution in [2.75, 3.05) is 30.7 Å². The second kappa shape index (κ2) is 10.3. The van der Waals surface area contributed by atoms with Crippen LogP contribution in [0, 0.1) is 5.92 Å². The van der Waals surface area contributed by atoms with E-state index >= 15 is 0 Å². The molecule has 2 N–H and O–H groups in total. The third kappa shape index (κ3) is 6.99. The maximum atomic E-state index is 12.6. The van der Waals surface area contributed by atoms with Crippen LogP contribution in [-0.2, 0) is 26.2 Å². The normalized spacial score (nSPS) is 14.7. The number of nitrogens with zero attached hydrogens (tertiary/aromatic N) is 1. The SMILES string of the molecule is CS(=O)(=O)Nc1ccccc1CNC(=O)C1CCN(C(=O)COc2ccccc2)CC1. The summed E-state index contributed by atoms with van der Waals surface area (Å²) >= 11 is 0. The van der Waals surface area contributed by atoms with Gasteiger partial charge in [0.2, 0.25) is 15.9 Å². The second-order valence-corrected chi connectivity index (χ2v) is 9.25. The lowest BCUT2D eigenvalue weighted by Gasteiger charge is -2.31. The Morgan fingerprint density at radius 2 is 1.68 bits per heavy atom. The predicted molar refractivity (Wildman–Crippen MR) is 118 cm³/mol. The molecule has 1 fully saturated rings. The zero-order valence-electron chi connectivity index (χ0n) is 17.4. The molecular weight excluding hydrogens is 418 g/mol. The summed E-state index contributed by atoms with van der Waals surface area (Å²) in [5.41, 5.74) is 1.14. The maximum Gasteiger partial charge on any atom is 0.260 e. The minimum Gasteiger partial charge on any atom is -0.484 e. The maximum absolute atomic E-state index is 12.6. The molecule has 0 spiro atoms. The Morgan fingerprint density at radius 1 is 1.03 bits per heavy atom. The number of piperidine rings is 1. The Kier molecular flexibility index (Phi) is 7.51. The van der Waals surface area contributed by atoms with Gasteiger partial charge in [-0.2, -0.15) is 0 Å². The highest BCUT2D eigenvalue weighted by atomic mass is 32.2. The van der Waals surface area contributed by atoms with Crippen LogP contribution in [0.1, 0.15) is 18.4 Å². The molecular formula is C22H27N3O5S. The first-order valence-corrected chi connectivity index (χ1v) is 12.0. The van der Waals surface area contributed by atoms with E-state index in [4.69, 9.17) is 4.74 Å². The van der Waals surface area contributed by atoms with E-state index in [0.717, 1.165) is 6.26 Å². The van der Waals surface area contributed by atoms with Gasteiger partial charge in [0.25, 0.3) is 5.91 Å². The quantitative estimate of drug-likeness (QED) is 0.647. The molecule has 9 heteroatoms. The summed E-state index contributed by atoms with van der Waals surface area (Å²) < 4.78 is 31.0. The molecule has 1 aliphatic heterocycles. The van der Waals surface area contributed by atoms with Crippen molar-refractivity contribution in [3.63, 3.8) is 0 Å². The number of likely N-dealkylation sites (tertiary alicyclic amines) is 1. The fraction of sp³-hybridized carbons (Fsp3) is 0.364. The first-order chi connectivity index (χ1) is 14.8. The fourth-order valence-corrected chi connectivity index (χ4v) is 4.04. The molecule has 8 nitrogen and oxygen atoms in total. The summed E-state index contributed by atoms with van der Waals surface area (Å²) in [6.45, 7) is 1.20. The molecule has 2 amide bonds. The molecule has 1 heterocycles.